The van der Waals surface area contributed by atoms with E-state index < -0.39 is 11.4 Å². The van der Waals surface area contributed by atoms with Gasteiger partial charge in [-0.15, -0.1) is 0 Å². The summed E-state index contributed by atoms with van der Waals surface area (Å²) in [7, 11) is 0. The molecule has 1 aromatic carbocycles. The SMILES string of the molecule is Cc1cc(C(=O)N2CCCC(C)C2)ccc1NC(=O)CC(C)(C)CC(=O)O. The molecule has 1 aliphatic rings. The Hall–Kier alpha value is -2.37. The van der Waals surface area contributed by atoms with Gasteiger partial charge in [-0.25, -0.2) is 0 Å². The van der Waals surface area contributed by atoms with E-state index in [1.54, 1.807) is 32.0 Å². The van der Waals surface area contributed by atoms with Crippen LogP contribution in [0.2, 0.25) is 0 Å². The molecule has 2 rings (SSSR count). The molecular formula is C21H30N2O4. The summed E-state index contributed by atoms with van der Waals surface area (Å²) in [5, 5.41) is 11.8. The first-order valence-corrected chi connectivity index (χ1v) is 9.49. The van der Waals surface area contributed by atoms with Crippen LogP contribution in [0.1, 0.15) is 62.4 Å². The third kappa shape index (κ3) is 6.08. The van der Waals surface area contributed by atoms with Crippen LogP contribution in [-0.4, -0.2) is 40.9 Å². The summed E-state index contributed by atoms with van der Waals surface area (Å²) in [6.45, 7) is 9.11. The molecule has 0 aliphatic carbocycles. The zero-order valence-corrected chi connectivity index (χ0v) is 16.7. The van der Waals surface area contributed by atoms with E-state index in [0.717, 1.165) is 31.5 Å². The molecule has 27 heavy (non-hydrogen) atoms. The quantitative estimate of drug-likeness (QED) is 0.795. The first-order chi connectivity index (χ1) is 12.6. The van der Waals surface area contributed by atoms with Gasteiger partial charge in [-0.1, -0.05) is 20.8 Å². The number of amides is 2. The number of carboxylic acids is 1. The molecule has 0 saturated carbocycles. The summed E-state index contributed by atoms with van der Waals surface area (Å²) in [6, 6.07) is 5.30. The third-order valence-corrected chi connectivity index (χ3v) is 4.96. The van der Waals surface area contributed by atoms with Crippen molar-refractivity contribution in [3.63, 3.8) is 0 Å². The van der Waals surface area contributed by atoms with E-state index in [1.807, 2.05) is 11.8 Å². The minimum Gasteiger partial charge on any atom is -0.481 e. The fraction of sp³-hybridized carbons (Fsp3) is 0.571. The smallest absolute Gasteiger partial charge is 0.303 e. The standard InChI is InChI=1S/C21H30N2O4/c1-14-6-5-9-23(13-14)20(27)16-7-8-17(15(2)10-16)22-18(24)11-21(3,4)12-19(25)26/h7-8,10,14H,5-6,9,11-13H2,1-4H3,(H,22,24)(H,25,26). The molecule has 1 aromatic rings. The van der Waals surface area contributed by atoms with Crippen LogP contribution >= 0.6 is 0 Å². The number of anilines is 1. The van der Waals surface area contributed by atoms with Gasteiger partial charge in [-0.05, 0) is 54.9 Å². The highest BCUT2D eigenvalue weighted by atomic mass is 16.4. The number of carbonyl (C=O) groups excluding carboxylic acids is 2. The second-order valence-electron chi connectivity index (χ2n) is 8.49. The first kappa shape index (κ1) is 20.9. The maximum atomic E-state index is 12.7. The summed E-state index contributed by atoms with van der Waals surface area (Å²) in [4.78, 5) is 37.8. The van der Waals surface area contributed by atoms with Gasteiger partial charge in [0.1, 0.15) is 0 Å². The van der Waals surface area contributed by atoms with Crippen LogP contribution in [0.15, 0.2) is 18.2 Å². The van der Waals surface area contributed by atoms with E-state index in [-0.39, 0.29) is 24.7 Å². The molecule has 1 saturated heterocycles. The maximum Gasteiger partial charge on any atom is 0.303 e. The van der Waals surface area contributed by atoms with Crippen LogP contribution in [0.4, 0.5) is 5.69 Å². The minimum absolute atomic E-state index is 0.0325. The molecule has 0 spiro atoms. The average Bonchev–Trinajstić information content (AvgIpc) is 2.54. The lowest BCUT2D eigenvalue weighted by Crippen LogP contribution is -2.39. The van der Waals surface area contributed by atoms with Gasteiger partial charge < -0.3 is 15.3 Å². The van der Waals surface area contributed by atoms with Crippen LogP contribution < -0.4 is 5.32 Å². The van der Waals surface area contributed by atoms with E-state index >= 15 is 0 Å². The molecule has 1 fully saturated rings. The lowest BCUT2D eigenvalue weighted by atomic mass is 9.85. The van der Waals surface area contributed by atoms with Gasteiger partial charge >= 0.3 is 5.97 Å². The summed E-state index contributed by atoms with van der Waals surface area (Å²) >= 11 is 0. The monoisotopic (exact) mass is 374 g/mol. The molecule has 6 nitrogen and oxygen atoms in total. The number of hydrogen-bond donors (Lipinski definition) is 2. The number of aryl methyl sites for hydroxylation is 1. The van der Waals surface area contributed by atoms with Gasteiger partial charge in [-0.3, -0.25) is 14.4 Å². The van der Waals surface area contributed by atoms with Crippen molar-refractivity contribution in [1.82, 2.24) is 4.90 Å². The first-order valence-electron chi connectivity index (χ1n) is 9.49. The number of piperidine rings is 1. The summed E-state index contributed by atoms with van der Waals surface area (Å²) in [5.74, 6) is -0.589. The van der Waals surface area contributed by atoms with Crippen molar-refractivity contribution in [2.75, 3.05) is 18.4 Å². The normalized spacial score (nSPS) is 17.5. The van der Waals surface area contributed by atoms with Crippen LogP contribution in [-0.2, 0) is 9.59 Å². The molecule has 2 amide bonds. The molecule has 1 heterocycles. The largest absolute Gasteiger partial charge is 0.481 e. The molecule has 0 bridgehead atoms. The number of carbonyl (C=O) groups is 3. The van der Waals surface area contributed by atoms with Crippen molar-refractivity contribution >= 4 is 23.5 Å². The highest BCUT2D eigenvalue weighted by Crippen LogP contribution is 2.27. The Morgan fingerprint density at radius 3 is 2.56 bits per heavy atom. The van der Waals surface area contributed by atoms with Gasteiger partial charge in [0.25, 0.3) is 5.91 Å². The molecular weight excluding hydrogens is 344 g/mol. The Morgan fingerprint density at radius 2 is 1.96 bits per heavy atom. The topological polar surface area (TPSA) is 86.7 Å². The predicted octanol–water partition coefficient (Wildman–Crippen LogP) is 3.70. The molecule has 148 valence electrons. The molecule has 1 aliphatic heterocycles. The van der Waals surface area contributed by atoms with Gasteiger partial charge in [0.15, 0.2) is 0 Å². The molecule has 6 heteroatoms. The van der Waals surface area contributed by atoms with E-state index in [0.29, 0.717) is 17.2 Å². The van der Waals surface area contributed by atoms with Crippen LogP contribution in [0, 0.1) is 18.3 Å². The number of carboxylic acid groups (broad SMARTS) is 1. The van der Waals surface area contributed by atoms with Gasteiger partial charge in [0.2, 0.25) is 5.91 Å². The van der Waals surface area contributed by atoms with Crippen molar-refractivity contribution in [2.24, 2.45) is 11.3 Å². The molecule has 0 aromatic heterocycles. The average molecular weight is 374 g/mol. The maximum absolute atomic E-state index is 12.7. The molecule has 1 atom stereocenters. The van der Waals surface area contributed by atoms with Crippen LogP contribution in [0.3, 0.4) is 0 Å². The Balaban J connectivity index is 2.02. The number of rotatable bonds is 6. The van der Waals surface area contributed by atoms with Crippen molar-refractivity contribution < 1.29 is 19.5 Å². The number of likely N-dealkylation sites (tertiary alicyclic amines) is 1. The summed E-state index contributed by atoms with van der Waals surface area (Å²) < 4.78 is 0. The van der Waals surface area contributed by atoms with Gasteiger partial charge in [0.05, 0.1) is 6.42 Å². The van der Waals surface area contributed by atoms with E-state index in [4.69, 9.17) is 5.11 Å². The highest BCUT2D eigenvalue weighted by molar-refractivity contribution is 5.96. The predicted molar refractivity (Wildman–Crippen MR) is 105 cm³/mol. The van der Waals surface area contributed by atoms with E-state index in [9.17, 15) is 14.4 Å². The number of benzene rings is 1. The molecule has 2 N–H and O–H groups in total. The zero-order chi connectivity index (χ0) is 20.2. The second kappa shape index (κ2) is 8.55. The lowest BCUT2D eigenvalue weighted by Gasteiger charge is -2.31. The Bertz CT molecular complexity index is 727. The van der Waals surface area contributed by atoms with Gasteiger partial charge in [0, 0.05) is 30.8 Å². The number of aliphatic carboxylic acids is 1. The lowest BCUT2D eigenvalue weighted by molar-refractivity contribution is -0.139. The van der Waals surface area contributed by atoms with Crippen molar-refractivity contribution in [1.29, 1.82) is 0 Å². The number of nitrogens with one attached hydrogen (secondary N) is 1. The summed E-state index contributed by atoms with van der Waals surface area (Å²) in [5.41, 5.74) is 1.47. The van der Waals surface area contributed by atoms with E-state index in [2.05, 4.69) is 12.2 Å². The number of nitrogens with zero attached hydrogens (tertiary/aromatic N) is 1. The molecule has 0 radical (unpaired) electrons. The second-order valence-corrected chi connectivity index (χ2v) is 8.49. The van der Waals surface area contributed by atoms with Crippen molar-refractivity contribution in [2.45, 2.75) is 53.4 Å². The third-order valence-electron chi connectivity index (χ3n) is 4.96. The Morgan fingerprint density at radius 1 is 1.26 bits per heavy atom. The fourth-order valence-corrected chi connectivity index (χ4v) is 3.59. The van der Waals surface area contributed by atoms with Gasteiger partial charge in [-0.2, -0.15) is 0 Å². The fourth-order valence-electron chi connectivity index (χ4n) is 3.59. The van der Waals surface area contributed by atoms with Crippen LogP contribution in [0.5, 0.6) is 0 Å². The van der Waals surface area contributed by atoms with Crippen molar-refractivity contribution in [3.05, 3.63) is 29.3 Å². The zero-order valence-electron chi connectivity index (χ0n) is 16.7. The highest BCUT2D eigenvalue weighted by Gasteiger charge is 2.26. The minimum atomic E-state index is -0.918. The number of hydrogen-bond acceptors (Lipinski definition) is 3. The van der Waals surface area contributed by atoms with Crippen LogP contribution in [0.25, 0.3) is 0 Å². The molecule has 1 unspecified atom stereocenters. The Labute approximate surface area is 160 Å². The summed E-state index contributed by atoms with van der Waals surface area (Å²) in [6.07, 6.45) is 2.24. The Kier molecular flexibility index (Phi) is 6.63. The van der Waals surface area contributed by atoms with E-state index in [1.165, 1.54) is 0 Å². The van der Waals surface area contributed by atoms with Crippen molar-refractivity contribution in [3.8, 4) is 0 Å².